The molecule has 0 atom stereocenters. The molecule has 2 heterocycles. The number of amides is 3. The van der Waals surface area contributed by atoms with E-state index in [9.17, 15) is 14.4 Å². The van der Waals surface area contributed by atoms with Crippen molar-refractivity contribution in [2.45, 2.75) is 19.9 Å². The van der Waals surface area contributed by atoms with Crippen LogP contribution < -0.4 is 5.32 Å². The Morgan fingerprint density at radius 1 is 1.42 bits per heavy atom. The van der Waals surface area contributed by atoms with Crippen LogP contribution in [0.1, 0.15) is 23.1 Å². The lowest BCUT2D eigenvalue weighted by Gasteiger charge is -2.12. The summed E-state index contributed by atoms with van der Waals surface area (Å²) in [6, 6.07) is -0.443. The molecule has 1 aliphatic heterocycles. The Morgan fingerprint density at radius 3 is 2.68 bits per heavy atom. The molecule has 0 saturated carbocycles. The number of rotatable bonds is 5. The van der Waals surface area contributed by atoms with E-state index in [4.69, 9.17) is 5.11 Å². The molecule has 1 aromatic rings. The zero-order chi connectivity index (χ0) is 14.0. The molecule has 0 aromatic carbocycles. The number of carbonyl (C=O) groups is 3. The van der Waals surface area contributed by atoms with Gasteiger partial charge in [-0.1, -0.05) is 12.1 Å². The Balaban J connectivity index is 2.09. The average molecular weight is 267 g/mol. The van der Waals surface area contributed by atoms with Crippen LogP contribution in [-0.2, 0) is 17.8 Å². The quantitative estimate of drug-likeness (QED) is 0.667. The Kier molecular flexibility index (Phi) is 3.45. The molecule has 9 nitrogen and oxygen atoms in total. The third-order valence-corrected chi connectivity index (χ3v) is 2.85. The Bertz CT molecular complexity index is 522. The van der Waals surface area contributed by atoms with Crippen LogP contribution >= 0.6 is 0 Å². The SMILES string of the molecule is CCc1c(C(=O)O)nnn1CCN1C(=O)CNC1=O. The second kappa shape index (κ2) is 5.04. The highest BCUT2D eigenvalue weighted by Gasteiger charge is 2.28. The van der Waals surface area contributed by atoms with Gasteiger partial charge < -0.3 is 10.4 Å². The number of aromatic nitrogens is 3. The van der Waals surface area contributed by atoms with Gasteiger partial charge in [-0.15, -0.1) is 5.10 Å². The van der Waals surface area contributed by atoms with Crippen molar-refractivity contribution in [2.75, 3.05) is 13.1 Å². The van der Waals surface area contributed by atoms with Gasteiger partial charge in [0.15, 0.2) is 5.69 Å². The van der Waals surface area contributed by atoms with Crippen molar-refractivity contribution in [1.29, 1.82) is 0 Å². The van der Waals surface area contributed by atoms with Crippen LogP contribution in [0.15, 0.2) is 0 Å². The number of nitrogens with one attached hydrogen (secondary N) is 1. The molecule has 3 amide bonds. The fourth-order valence-electron chi connectivity index (χ4n) is 1.90. The summed E-state index contributed by atoms with van der Waals surface area (Å²) in [5.74, 6) is -1.44. The molecule has 1 saturated heterocycles. The van der Waals surface area contributed by atoms with E-state index in [1.165, 1.54) is 4.68 Å². The van der Waals surface area contributed by atoms with E-state index in [0.717, 1.165) is 4.90 Å². The second-order valence-electron chi connectivity index (χ2n) is 3.97. The minimum absolute atomic E-state index is 0.00278. The number of imide groups is 1. The van der Waals surface area contributed by atoms with E-state index in [-0.39, 0.29) is 31.2 Å². The highest BCUT2D eigenvalue weighted by Crippen LogP contribution is 2.07. The van der Waals surface area contributed by atoms with Crippen LogP contribution in [0.25, 0.3) is 0 Å². The fourth-order valence-corrected chi connectivity index (χ4v) is 1.90. The number of nitrogens with zero attached hydrogens (tertiary/aromatic N) is 4. The van der Waals surface area contributed by atoms with Gasteiger partial charge in [0, 0.05) is 0 Å². The molecule has 2 N–H and O–H groups in total. The van der Waals surface area contributed by atoms with Crippen molar-refractivity contribution in [1.82, 2.24) is 25.2 Å². The molecular formula is C10H13N5O4. The zero-order valence-electron chi connectivity index (χ0n) is 10.3. The maximum atomic E-state index is 11.4. The molecule has 0 spiro atoms. The van der Waals surface area contributed by atoms with Crippen LogP contribution in [0.3, 0.4) is 0 Å². The van der Waals surface area contributed by atoms with Crippen LogP contribution in [-0.4, -0.2) is 56.0 Å². The van der Waals surface area contributed by atoms with Gasteiger partial charge in [0.25, 0.3) is 0 Å². The normalized spacial score (nSPS) is 14.9. The van der Waals surface area contributed by atoms with Crippen molar-refractivity contribution in [3.63, 3.8) is 0 Å². The molecule has 0 bridgehead atoms. The summed E-state index contributed by atoms with van der Waals surface area (Å²) in [6.45, 7) is 2.15. The molecule has 102 valence electrons. The van der Waals surface area contributed by atoms with E-state index in [1.54, 1.807) is 6.92 Å². The molecule has 9 heteroatoms. The molecule has 1 aliphatic rings. The van der Waals surface area contributed by atoms with E-state index < -0.39 is 12.0 Å². The van der Waals surface area contributed by atoms with E-state index in [2.05, 4.69) is 15.6 Å². The lowest BCUT2D eigenvalue weighted by Crippen LogP contribution is -2.34. The maximum Gasteiger partial charge on any atom is 0.358 e. The van der Waals surface area contributed by atoms with Crippen LogP contribution in [0.4, 0.5) is 4.79 Å². The number of aromatic carboxylic acids is 1. The second-order valence-corrected chi connectivity index (χ2v) is 3.97. The van der Waals surface area contributed by atoms with Gasteiger partial charge in [0.1, 0.15) is 0 Å². The summed E-state index contributed by atoms with van der Waals surface area (Å²) in [5, 5.41) is 18.6. The van der Waals surface area contributed by atoms with Crippen LogP contribution in [0.2, 0.25) is 0 Å². The van der Waals surface area contributed by atoms with Gasteiger partial charge in [0.2, 0.25) is 5.91 Å². The molecular weight excluding hydrogens is 254 g/mol. The van der Waals surface area contributed by atoms with Gasteiger partial charge in [-0.05, 0) is 6.42 Å². The van der Waals surface area contributed by atoms with Crippen molar-refractivity contribution in [3.8, 4) is 0 Å². The third kappa shape index (κ3) is 2.39. The van der Waals surface area contributed by atoms with E-state index >= 15 is 0 Å². The topological polar surface area (TPSA) is 117 Å². The third-order valence-electron chi connectivity index (χ3n) is 2.85. The maximum absolute atomic E-state index is 11.4. The summed E-state index contributed by atoms with van der Waals surface area (Å²) >= 11 is 0. The predicted octanol–water partition coefficient (Wildman–Crippen LogP) is -0.909. The lowest BCUT2D eigenvalue weighted by molar-refractivity contribution is -0.125. The number of hydrogen-bond donors (Lipinski definition) is 2. The van der Waals surface area contributed by atoms with E-state index in [0.29, 0.717) is 12.1 Å². The Labute approximate surface area is 108 Å². The van der Waals surface area contributed by atoms with Gasteiger partial charge in [0.05, 0.1) is 25.3 Å². The fraction of sp³-hybridized carbons (Fsp3) is 0.500. The number of carbonyl (C=O) groups excluding carboxylic acids is 2. The van der Waals surface area contributed by atoms with Gasteiger partial charge in [-0.3, -0.25) is 9.69 Å². The van der Waals surface area contributed by atoms with Crippen molar-refractivity contribution in [3.05, 3.63) is 11.4 Å². The molecule has 19 heavy (non-hydrogen) atoms. The first-order valence-corrected chi connectivity index (χ1v) is 5.78. The molecule has 2 rings (SSSR count). The Hall–Kier alpha value is -2.45. The first-order chi connectivity index (χ1) is 9.04. The predicted molar refractivity (Wildman–Crippen MR) is 61.5 cm³/mol. The minimum Gasteiger partial charge on any atom is -0.476 e. The standard InChI is InChI=1S/C10H13N5O4/c1-2-6-8(9(17)18)12-13-15(6)4-3-14-7(16)5-11-10(14)19/h2-5H2,1H3,(H,11,19)(H,17,18). The first-order valence-electron chi connectivity index (χ1n) is 5.78. The van der Waals surface area contributed by atoms with Crippen LogP contribution in [0.5, 0.6) is 0 Å². The summed E-state index contributed by atoms with van der Waals surface area (Å²) in [5.41, 5.74) is 0.374. The summed E-state index contributed by atoms with van der Waals surface area (Å²) in [4.78, 5) is 34.7. The van der Waals surface area contributed by atoms with Gasteiger partial charge in [-0.2, -0.15) is 0 Å². The van der Waals surface area contributed by atoms with Gasteiger partial charge in [-0.25, -0.2) is 14.3 Å². The highest BCUT2D eigenvalue weighted by molar-refractivity contribution is 6.01. The smallest absolute Gasteiger partial charge is 0.358 e. The average Bonchev–Trinajstić information content (AvgIpc) is 2.91. The highest BCUT2D eigenvalue weighted by atomic mass is 16.4. The number of urea groups is 1. The largest absolute Gasteiger partial charge is 0.476 e. The first kappa shape index (κ1) is 13.0. The Morgan fingerprint density at radius 2 is 2.16 bits per heavy atom. The molecule has 0 unspecified atom stereocenters. The number of hydrogen-bond acceptors (Lipinski definition) is 5. The summed E-state index contributed by atoms with van der Waals surface area (Å²) < 4.78 is 1.41. The molecule has 1 fully saturated rings. The number of carboxylic acids is 1. The van der Waals surface area contributed by atoms with E-state index in [1.807, 2.05) is 0 Å². The lowest BCUT2D eigenvalue weighted by atomic mass is 10.2. The minimum atomic E-state index is -1.14. The van der Waals surface area contributed by atoms with Crippen molar-refractivity contribution < 1.29 is 19.5 Å². The van der Waals surface area contributed by atoms with Gasteiger partial charge >= 0.3 is 12.0 Å². The number of carboxylic acid groups (broad SMARTS) is 1. The van der Waals surface area contributed by atoms with Crippen molar-refractivity contribution in [2.24, 2.45) is 0 Å². The molecule has 1 aromatic heterocycles. The monoisotopic (exact) mass is 267 g/mol. The molecule has 0 aliphatic carbocycles. The van der Waals surface area contributed by atoms with Crippen molar-refractivity contribution >= 4 is 17.9 Å². The summed E-state index contributed by atoms with van der Waals surface area (Å²) in [6.07, 6.45) is 0.453. The molecule has 0 radical (unpaired) electrons. The zero-order valence-corrected chi connectivity index (χ0v) is 10.3. The van der Waals surface area contributed by atoms with Crippen LogP contribution in [0, 0.1) is 0 Å². The summed E-state index contributed by atoms with van der Waals surface area (Å²) in [7, 11) is 0.